The first-order chi connectivity index (χ1) is 13.0. The van der Waals surface area contributed by atoms with Gasteiger partial charge in [0.1, 0.15) is 0 Å². The Hall–Kier alpha value is -2.54. The van der Waals surface area contributed by atoms with Crippen LogP contribution in [0.1, 0.15) is 51.0 Å². The molecule has 3 rings (SSSR count). The van der Waals surface area contributed by atoms with Gasteiger partial charge in [-0.25, -0.2) is 4.98 Å². The molecule has 0 aliphatic heterocycles. The zero-order chi connectivity index (χ0) is 19.4. The van der Waals surface area contributed by atoms with Crippen molar-refractivity contribution in [3.05, 3.63) is 63.4 Å². The summed E-state index contributed by atoms with van der Waals surface area (Å²) in [4.78, 5) is 20.2. The number of carbonyl (C=O) groups is 1. The molecule has 1 unspecified atom stereocenters. The maximum Gasteiger partial charge on any atom is 0.276 e. The van der Waals surface area contributed by atoms with E-state index in [0.717, 1.165) is 35.0 Å². The summed E-state index contributed by atoms with van der Waals surface area (Å²) >= 11 is 1.65. The van der Waals surface area contributed by atoms with Crippen LogP contribution in [0, 0.1) is 13.8 Å². The van der Waals surface area contributed by atoms with E-state index in [4.69, 9.17) is 0 Å². The highest BCUT2D eigenvalue weighted by Gasteiger charge is 2.24. The van der Waals surface area contributed by atoms with Crippen molar-refractivity contribution in [1.82, 2.24) is 24.9 Å². The van der Waals surface area contributed by atoms with Gasteiger partial charge in [0.25, 0.3) is 5.91 Å². The standard InChI is InChI=1S/C20H25N5OS/c1-14(19-15(2)27-16(3)21-19)24(4)20(26)18-13-25(23-22-18)12-8-11-17-9-6-5-7-10-17/h5-7,9-10,13-14H,8,11-12H2,1-4H3. The number of aromatic nitrogens is 4. The minimum atomic E-state index is -0.137. The molecule has 1 aromatic carbocycles. The van der Waals surface area contributed by atoms with Crippen LogP contribution in [0.5, 0.6) is 0 Å². The Labute approximate surface area is 163 Å². The van der Waals surface area contributed by atoms with E-state index >= 15 is 0 Å². The number of carbonyl (C=O) groups excluding carboxylic acids is 1. The Morgan fingerprint density at radius 3 is 2.67 bits per heavy atom. The summed E-state index contributed by atoms with van der Waals surface area (Å²) in [6, 6.07) is 10.2. The monoisotopic (exact) mass is 383 g/mol. The van der Waals surface area contributed by atoms with Gasteiger partial charge in [-0.3, -0.25) is 9.48 Å². The molecule has 0 N–H and O–H groups in total. The molecule has 2 aromatic heterocycles. The average Bonchev–Trinajstić information content (AvgIpc) is 3.27. The number of hydrogen-bond donors (Lipinski definition) is 0. The fraction of sp³-hybridized carbons (Fsp3) is 0.400. The number of rotatable bonds is 7. The van der Waals surface area contributed by atoms with Gasteiger partial charge in [-0.2, -0.15) is 0 Å². The third-order valence-electron chi connectivity index (χ3n) is 4.69. The lowest BCUT2D eigenvalue weighted by Gasteiger charge is -2.23. The van der Waals surface area contributed by atoms with Gasteiger partial charge >= 0.3 is 0 Å². The third-order valence-corrected chi connectivity index (χ3v) is 5.59. The van der Waals surface area contributed by atoms with Gasteiger partial charge in [-0.15, -0.1) is 16.4 Å². The van der Waals surface area contributed by atoms with Crippen LogP contribution < -0.4 is 0 Å². The van der Waals surface area contributed by atoms with Crippen LogP contribution in [0.25, 0.3) is 0 Å². The van der Waals surface area contributed by atoms with E-state index in [2.05, 4.69) is 27.4 Å². The maximum absolute atomic E-state index is 12.8. The van der Waals surface area contributed by atoms with Crippen molar-refractivity contribution in [3.63, 3.8) is 0 Å². The normalized spacial score (nSPS) is 12.1. The van der Waals surface area contributed by atoms with Crippen LogP contribution >= 0.6 is 11.3 Å². The molecule has 7 heteroatoms. The minimum Gasteiger partial charge on any atom is -0.332 e. The van der Waals surface area contributed by atoms with Gasteiger partial charge in [-0.05, 0) is 39.2 Å². The molecule has 2 heterocycles. The van der Waals surface area contributed by atoms with E-state index < -0.39 is 0 Å². The van der Waals surface area contributed by atoms with E-state index in [9.17, 15) is 4.79 Å². The zero-order valence-electron chi connectivity index (χ0n) is 16.2. The smallest absolute Gasteiger partial charge is 0.276 e. The van der Waals surface area contributed by atoms with Crippen molar-refractivity contribution in [2.75, 3.05) is 7.05 Å². The number of thiazole rings is 1. The molecule has 0 radical (unpaired) electrons. The van der Waals surface area contributed by atoms with Crippen LogP contribution in [0.3, 0.4) is 0 Å². The van der Waals surface area contributed by atoms with E-state index in [0.29, 0.717) is 5.69 Å². The summed E-state index contributed by atoms with van der Waals surface area (Å²) in [7, 11) is 1.79. The summed E-state index contributed by atoms with van der Waals surface area (Å²) in [5.74, 6) is -0.137. The molecule has 0 spiro atoms. The van der Waals surface area contributed by atoms with Crippen LogP contribution in [0.2, 0.25) is 0 Å². The molecule has 142 valence electrons. The molecule has 0 bridgehead atoms. The van der Waals surface area contributed by atoms with Crippen molar-refractivity contribution < 1.29 is 4.79 Å². The topological polar surface area (TPSA) is 63.9 Å². The second-order valence-corrected chi connectivity index (χ2v) is 8.13. The van der Waals surface area contributed by atoms with E-state index in [1.807, 2.05) is 39.0 Å². The zero-order valence-corrected chi connectivity index (χ0v) is 17.0. The highest BCUT2D eigenvalue weighted by Crippen LogP contribution is 2.26. The second-order valence-electron chi connectivity index (χ2n) is 6.72. The van der Waals surface area contributed by atoms with Gasteiger partial charge in [0, 0.05) is 18.5 Å². The SMILES string of the molecule is Cc1nc(C(C)N(C)C(=O)c2cn(CCCc3ccccc3)nn2)c(C)s1. The van der Waals surface area contributed by atoms with Gasteiger partial charge in [0.2, 0.25) is 0 Å². The molecule has 0 saturated carbocycles. The first kappa shape index (κ1) is 19.2. The number of aryl methyl sites for hydroxylation is 4. The predicted molar refractivity (Wildman–Crippen MR) is 107 cm³/mol. The van der Waals surface area contributed by atoms with Crippen molar-refractivity contribution in [1.29, 1.82) is 0 Å². The Morgan fingerprint density at radius 1 is 1.26 bits per heavy atom. The molecule has 0 fully saturated rings. The largest absolute Gasteiger partial charge is 0.332 e. The van der Waals surface area contributed by atoms with E-state index in [1.54, 1.807) is 34.2 Å². The summed E-state index contributed by atoms with van der Waals surface area (Å²) in [5, 5.41) is 9.19. The number of nitrogens with zero attached hydrogens (tertiary/aromatic N) is 5. The fourth-order valence-electron chi connectivity index (χ4n) is 3.07. The molecule has 1 amide bonds. The molecule has 1 atom stereocenters. The van der Waals surface area contributed by atoms with Gasteiger partial charge in [-0.1, -0.05) is 35.5 Å². The third kappa shape index (κ3) is 4.60. The summed E-state index contributed by atoms with van der Waals surface area (Å²) < 4.78 is 1.74. The quantitative estimate of drug-likeness (QED) is 0.622. The van der Waals surface area contributed by atoms with Crippen LogP contribution in [0.15, 0.2) is 36.5 Å². The Kier molecular flexibility index (Phi) is 6.01. The molecule has 3 aromatic rings. The summed E-state index contributed by atoms with van der Waals surface area (Å²) in [6.07, 6.45) is 3.66. The highest BCUT2D eigenvalue weighted by molar-refractivity contribution is 7.11. The Balaban J connectivity index is 1.59. The lowest BCUT2D eigenvalue weighted by atomic mass is 10.1. The lowest BCUT2D eigenvalue weighted by Crippen LogP contribution is -2.30. The molecule has 0 aliphatic carbocycles. The molecular weight excluding hydrogens is 358 g/mol. The molecule has 0 aliphatic rings. The van der Waals surface area contributed by atoms with Gasteiger partial charge in [0.05, 0.1) is 22.9 Å². The second kappa shape index (κ2) is 8.43. The summed E-state index contributed by atoms with van der Waals surface area (Å²) in [6.45, 7) is 6.75. The van der Waals surface area contributed by atoms with Crippen LogP contribution in [-0.2, 0) is 13.0 Å². The maximum atomic E-state index is 12.8. The number of amides is 1. The van der Waals surface area contributed by atoms with Crippen molar-refractivity contribution >= 4 is 17.2 Å². The predicted octanol–water partition coefficient (Wildman–Crippen LogP) is 3.82. The summed E-state index contributed by atoms with van der Waals surface area (Å²) in [5.41, 5.74) is 2.62. The minimum absolute atomic E-state index is 0.106. The van der Waals surface area contributed by atoms with Crippen molar-refractivity contribution in [2.24, 2.45) is 0 Å². The first-order valence-electron chi connectivity index (χ1n) is 9.11. The Morgan fingerprint density at radius 2 is 2.00 bits per heavy atom. The van der Waals surface area contributed by atoms with Crippen molar-refractivity contribution in [3.8, 4) is 0 Å². The van der Waals surface area contributed by atoms with Crippen molar-refractivity contribution in [2.45, 2.75) is 46.2 Å². The number of benzene rings is 1. The highest BCUT2D eigenvalue weighted by atomic mass is 32.1. The molecular formula is C20H25N5OS. The lowest BCUT2D eigenvalue weighted by molar-refractivity contribution is 0.0733. The molecule has 0 saturated heterocycles. The van der Waals surface area contributed by atoms with Crippen LogP contribution in [0.4, 0.5) is 0 Å². The van der Waals surface area contributed by atoms with Gasteiger partial charge < -0.3 is 4.90 Å². The average molecular weight is 384 g/mol. The first-order valence-corrected chi connectivity index (χ1v) is 9.92. The van der Waals surface area contributed by atoms with Crippen LogP contribution in [-0.4, -0.2) is 37.8 Å². The number of hydrogen-bond acceptors (Lipinski definition) is 5. The molecule has 27 heavy (non-hydrogen) atoms. The van der Waals surface area contributed by atoms with E-state index in [-0.39, 0.29) is 11.9 Å². The Bertz CT molecular complexity index is 902. The fourth-order valence-corrected chi connectivity index (χ4v) is 3.98. The van der Waals surface area contributed by atoms with Gasteiger partial charge in [0.15, 0.2) is 5.69 Å². The van der Waals surface area contributed by atoms with E-state index in [1.165, 1.54) is 5.56 Å². The molecule has 6 nitrogen and oxygen atoms in total.